The molecule has 0 saturated carbocycles. The number of rotatable bonds is 6. The first-order valence-corrected chi connectivity index (χ1v) is 8.33. The van der Waals surface area contributed by atoms with E-state index in [-0.39, 0.29) is 18.1 Å². The molecule has 2 rings (SSSR count). The number of furan rings is 1. The molecule has 0 aromatic carbocycles. The molecule has 1 aliphatic rings. The Kier molecular flexibility index (Phi) is 6.47. The normalized spacial score (nSPS) is 21.3. The molecule has 1 aliphatic heterocycles. The van der Waals surface area contributed by atoms with Gasteiger partial charge in [0.1, 0.15) is 11.9 Å². The standard InChI is InChI=1S/C17H28N2O4/c1-12(2)9-13(3)18-17(21)19-6-8-22-11-14(19)10-15(20)16-5-4-7-23-16/h4-5,7,12-15,20H,6,8-11H2,1-3H3,(H,18,21). The van der Waals surface area contributed by atoms with Crippen LogP contribution in [0.15, 0.2) is 22.8 Å². The van der Waals surface area contributed by atoms with E-state index in [0.29, 0.717) is 37.9 Å². The van der Waals surface area contributed by atoms with Gasteiger partial charge in [0, 0.05) is 19.0 Å². The van der Waals surface area contributed by atoms with Crippen LogP contribution in [0.2, 0.25) is 0 Å². The molecule has 1 fully saturated rings. The summed E-state index contributed by atoms with van der Waals surface area (Å²) in [6.07, 6.45) is 2.14. The summed E-state index contributed by atoms with van der Waals surface area (Å²) in [7, 11) is 0. The topological polar surface area (TPSA) is 74.9 Å². The van der Waals surface area contributed by atoms with E-state index >= 15 is 0 Å². The minimum atomic E-state index is -0.736. The highest BCUT2D eigenvalue weighted by atomic mass is 16.5. The molecule has 6 heteroatoms. The smallest absolute Gasteiger partial charge is 0.318 e. The Morgan fingerprint density at radius 3 is 2.91 bits per heavy atom. The van der Waals surface area contributed by atoms with E-state index in [2.05, 4.69) is 19.2 Å². The molecule has 1 aromatic heterocycles. The molecule has 1 saturated heterocycles. The molecule has 1 aromatic rings. The van der Waals surface area contributed by atoms with Gasteiger partial charge in [0.25, 0.3) is 0 Å². The lowest BCUT2D eigenvalue weighted by Gasteiger charge is -2.37. The summed E-state index contributed by atoms with van der Waals surface area (Å²) in [6, 6.07) is 3.37. The highest BCUT2D eigenvalue weighted by molar-refractivity contribution is 5.75. The minimum absolute atomic E-state index is 0.0851. The molecule has 2 N–H and O–H groups in total. The molecule has 6 nitrogen and oxygen atoms in total. The molecule has 3 unspecified atom stereocenters. The van der Waals surface area contributed by atoms with Gasteiger partial charge in [-0.2, -0.15) is 0 Å². The molecule has 0 spiro atoms. The Morgan fingerprint density at radius 2 is 2.26 bits per heavy atom. The van der Waals surface area contributed by atoms with E-state index < -0.39 is 6.10 Å². The maximum Gasteiger partial charge on any atom is 0.318 e. The number of urea groups is 1. The average molecular weight is 324 g/mol. The van der Waals surface area contributed by atoms with Gasteiger partial charge in [-0.05, 0) is 31.4 Å². The summed E-state index contributed by atoms with van der Waals surface area (Å²) < 4.78 is 10.7. The molecule has 0 aliphatic carbocycles. The van der Waals surface area contributed by atoms with Gasteiger partial charge in [0.15, 0.2) is 0 Å². The SMILES string of the molecule is CC(C)CC(C)NC(=O)N1CCOCC1CC(O)c1ccco1. The zero-order valence-corrected chi connectivity index (χ0v) is 14.2. The number of nitrogens with zero attached hydrogens (tertiary/aromatic N) is 1. The number of hydrogen-bond acceptors (Lipinski definition) is 4. The van der Waals surface area contributed by atoms with E-state index in [1.165, 1.54) is 6.26 Å². The van der Waals surface area contributed by atoms with Crippen LogP contribution in [0.5, 0.6) is 0 Å². The second kappa shape index (κ2) is 8.36. The number of ether oxygens (including phenoxy) is 1. The van der Waals surface area contributed by atoms with Gasteiger partial charge in [-0.25, -0.2) is 4.79 Å². The Balaban J connectivity index is 1.93. The van der Waals surface area contributed by atoms with Crippen LogP contribution in [0.3, 0.4) is 0 Å². The van der Waals surface area contributed by atoms with Gasteiger partial charge in [-0.3, -0.25) is 0 Å². The molecule has 23 heavy (non-hydrogen) atoms. The van der Waals surface area contributed by atoms with Crippen molar-refractivity contribution in [3.8, 4) is 0 Å². The Morgan fingerprint density at radius 1 is 1.48 bits per heavy atom. The largest absolute Gasteiger partial charge is 0.467 e. The Bertz CT molecular complexity index is 475. The van der Waals surface area contributed by atoms with E-state index in [0.717, 1.165) is 6.42 Å². The van der Waals surface area contributed by atoms with Gasteiger partial charge in [0.2, 0.25) is 0 Å². The Hall–Kier alpha value is -1.53. The van der Waals surface area contributed by atoms with Crippen LogP contribution in [0, 0.1) is 5.92 Å². The summed E-state index contributed by atoms with van der Waals surface area (Å²) in [4.78, 5) is 14.3. The molecular formula is C17H28N2O4. The third-order valence-corrected chi connectivity index (χ3v) is 4.05. The second-order valence-electron chi connectivity index (χ2n) is 6.67. The van der Waals surface area contributed by atoms with Crippen LogP contribution in [-0.4, -0.2) is 47.9 Å². The van der Waals surface area contributed by atoms with Gasteiger partial charge in [-0.1, -0.05) is 13.8 Å². The van der Waals surface area contributed by atoms with E-state index in [9.17, 15) is 9.90 Å². The summed E-state index contributed by atoms with van der Waals surface area (Å²) >= 11 is 0. The van der Waals surface area contributed by atoms with Crippen molar-refractivity contribution in [1.29, 1.82) is 0 Å². The zero-order chi connectivity index (χ0) is 16.8. The molecular weight excluding hydrogens is 296 g/mol. The fourth-order valence-electron chi connectivity index (χ4n) is 3.03. The van der Waals surface area contributed by atoms with Crippen molar-refractivity contribution in [2.45, 2.75) is 51.8 Å². The van der Waals surface area contributed by atoms with Crippen molar-refractivity contribution in [1.82, 2.24) is 10.2 Å². The molecule has 2 heterocycles. The van der Waals surface area contributed by atoms with E-state index in [1.807, 2.05) is 6.92 Å². The van der Waals surface area contributed by atoms with Gasteiger partial charge >= 0.3 is 6.03 Å². The lowest BCUT2D eigenvalue weighted by atomic mass is 10.0. The predicted octanol–water partition coefficient (Wildman–Crippen LogP) is 2.55. The number of morpholine rings is 1. The van der Waals surface area contributed by atoms with Crippen molar-refractivity contribution in [2.75, 3.05) is 19.8 Å². The number of amides is 2. The fourth-order valence-corrected chi connectivity index (χ4v) is 3.03. The van der Waals surface area contributed by atoms with E-state index in [1.54, 1.807) is 17.0 Å². The van der Waals surface area contributed by atoms with Crippen LogP contribution in [0.25, 0.3) is 0 Å². The molecule has 0 radical (unpaired) electrons. The van der Waals surface area contributed by atoms with Crippen LogP contribution in [-0.2, 0) is 4.74 Å². The van der Waals surface area contributed by atoms with Crippen molar-refractivity contribution in [3.63, 3.8) is 0 Å². The number of aliphatic hydroxyl groups is 1. The molecule has 2 amide bonds. The first kappa shape index (κ1) is 17.8. The molecule has 0 bridgehead atoms. The van der Waals surface area contributed by atoms with Crippen molar-refractivity contribution >= 4 is 6.03 Å². The van der Waals surface area contributed by atoms with E-state index in [4.69, 9.17) is 9.15 Å². The number of carbonyl (C=O) groups excluding carboxylic acids is 1. The van der Waals surface area contributed by atoms with Crippen LogP contribution >= 0.6 is 0 Å². The quantitative estimate of drug-likeness (QED) is 0.843. The third-order valence-electron chi connectivity index (χ3n) is 4.05. The molecule has 130 valence electrons. The van der Waals surface area contributed by atoms with Crippen LogP contribution in [0.4, 0.5) is 4.79 Å². The van der Waals surface area contributed by atoms with Crippen LogP contribution < -0.4 is 5.32 Å². The predicted molar refractivity (Wildman–Crippen MR) is 87.0 cm³/mol. The highest BCUT2D eigenvalue weighted by Gasteiger charge is 2.30. The summed E-state index contributed by atoms with van der Waals surface area (Å²) in [5, 5.41) is 13.3. The fraction of sp³-hybridized carbons (Fsp3) is 0.706. The van der Waals surface area contributed by atoms with Crippen molar-refractivity contribution in [3.05, 3.63) is 24.2 Å². The van der Waals surface area contributed by atoms with Crippen molar-refractivity contribution in [2.24, 2.45) is 5.92 Å². The second-order valence-corrected chi connectivity index (χ2v) is 6.67. The minimum Gasteiger partial charge on any atom is -0.467 e. The number of carbonyl (C=O) groups is 1. The lowest BCUT2D eigenvalue weighted by Crippen LogP contribution is -2.54. The summed E-state index contributed by atoms with van der Waals surface area (Å²) in [5.41, 5.74) is 0. The first-order valence-electron chi connectivity index (χ1n) is 8.33. The molecule has 3 atom stereocenters. The number of aliphatic hydroxyl groups excluding tert-OH is 1. The third kappa shape index (κ3) is 5.25. The lowest BCUT2D eigenvalue weighted by molar-refractivity contribution is -0.0101. The van der Waals surface area contributed by atoms with Crippen molar-refractivity contribution < 1.29 is 19.1 Å². The number of hydrogen-bond donors (Lipinski definition) is 2. The van der Waals surface area contributed by atoms with Gasteiger partial charge in [-0.15, -0.1) is 0 Å². The maximum absolute atomic E-state index is 12.5. The van der Waals surface area contributed by atoms with Gasteiger partial charge in [0.05, 0.1) is 25.5 Å². The summed E-state index contributed by atoms with van der Waals surface area (Å²) in [6.45, 7) is 7.80. The Labute approximate surface area is 137 Å². The average Bonchev–Trinajstić information content (AvgIpc) is 3.01. The van der Waals surface area contributed by atoms with Crippen LogP contribution in [0.1, 0.15) is 45.5 Å². The number of nitrogens with one attached hydrogen (secondary N) is 1. The zero-order valence-electron chi connectivity index (χ0n) is 14.2. The maximum atomic E-state index is 12.5. The first-order chi connectivity index (χ1) is 11.0. The van der Waals surface area contributed by atoms with Gasteiger partial charge < -0.3 is 24.5 Å². The highest BCUT2D eigenvalue weighted by Crippen LogP contribution is 2.23. The monoisotopic (exact) mass is 324 g/mol. The summed E-state index contributed by atoms with van der Waals surface area (Å²) in [5.74, 6) is 1.05.